The summed E-state index contributed by atoms with van der Waals surface area (Å²) in [6, 6.07) is 0.694. The standard InChI is InChI=1S/C11H22N6S/c1-3-17-6-4-5-9(17)7-16(2)8-10-14-15-11(13-12)18-10/h9H,3-8,12H2,1-2H3,(H,13,15). The van der Waals surface area contributed by atoms with Gasteiger partial charge in [0.2, 0.25) is 5.13 Å². The number of hydrogen-bond acceptors (Lipinski definition) is 7. The van der Waals surface area contributed by atoms with Gasteiger partial charge in [0.25, 0.3) is 0 Å². The normalized spacial score (nSPS) is 20.8. The van der Waals surface area contributed by atoms with Crippen LogP contribution in [0, 0.1) is 0 Å². The number of likely N-dealkylation sites (tertiary alicyclic amines) is 1. The van der Waals surface area contributed by atoms with Crippen molar-refractivity contribution in [2.45, 2.75) is 32.4 Å². The molecular formula is C11H22N6S. The van der Waals surface area contributed by atoms with Gasteiger partial charge in [-0.15, -0.1) is 10.2 Å². The lowest BCUT2D eigenvalue weighted by Gasteiger charge is -2.27. The maximum Gasteiger partial charge on any atom is 0.219 e. The van der Waals surface area contributed by atoms with Gasteiger partial charge in [-0.2, -0.15) is 0 Å². The van der Waals surface area contributed by atoms with E-state index in [0.29, 0.717) is 11.2 Å². The highest BCUT2D eigenvalue weighted by Gasteiger charge is 2.24. The van der Waals surface area contributed by atoms with E-state index in [1.807, 2.05) is 0 Å². The Morgan fingerprint density at radius 2 is 2.39 bits per heavy atom. The molecule has 1 atom stereocenters. The van der Waals surface area contributed by atoms with Gasteiger partial charge in [0, 0.05) is 12.6 Å². The van der Waals surface area contributed by atoms with Crippen molar-refractivity contribution in [1.82, 2.24) is 20.0 Å². The van der Waals surface area contributed by atoms with Crippen molar-refractivity contribution in [1.29, 1.82) is 0 Å². The smallest absolute Gasteiger partial charge is 0.219 e. The van der Waals surface area contributed by atoms with Gasteiger partial charge in [-0.05, 0) is 33.0 Å². The second-order valence-corrected chi connectivity index (χ2v) is 5.83. The summed E-state index contributed by atoms with van der Waals surface area (Å²) >= 11 is 1.51. The molecule has 0 amide bonds. The molecule has 7 heteroatoms. The molecule has 6 nitrogen and oxygen atoms in total. The molecule has 0 aliphatic carbocycles. The van der Waals surface area contributed by atoms with E-state index in [1.165, 1.54) is 30.7 Å². The number of nitrogens with zero attached hydrogens (tertiary/aromatic N) is 4. The molecule has 1 unspecified atom stereocenters. The van der Waals surface area contributed by atoms with Crippen LogP contribution in [0.5, 0.6) is 0 Å². The first kappa shape index (κ1) is 13.7. The first-order valence-corrected chi connectivity index (χ1v) is 7.26. The fourth-order valence-electron chi connectivity index (χ4n) is 2.55. The molecule has 1 fully saturated rings. The summed E-state index contributed by atoms with van der Waals surface area (Å²) in [7, 11) is 2.14. The minimum Gasteiger partial charge on any atom is -0.299 e. The van der Waals surface area contributed by atoms with E-state index in [2.05, 4.69) is 39.4 Å². The molecule has 0 bridgehead atoms. The highest BCUT2D eigenvalue weighted by Crippen LogP contribution is 2.19. The zero-order chi connectivity index (χ0) is 13.0. The summed E-state index contributed by atoms with van der Waals surface area (Å²) in [4.78, 5) is 4.88. The quantitative estimate of drug-likeness (QED) is 0.587. The summed E-state index contributed by atoms with van der Waals surface area (Å²) in [5.74, 6) is 5.30. The van der Waals surface area contributed by atoms with Crippen LogP contribution >= 0.6 is 11.3 Å². The Bertz CT molecular complexity index is 368. The maximum atomic E-state index is 5.30. The Kier molecular flexibility index (Phi) is 4.87. The fourth-order valence-corrected chi connectivity index (χ4v) is 3.28. The van der Waals surface area contributed by atoms with Gasteiger partial charge in [-0.1, -0.05) is 18.3 Å². The van der Waals surface area contributed by atoms with Gasteiger partial charge < -0.3 is 0 Å². The second kappa shape index (κ2) is 6.42. The van der Waals surface area contributed by atoms with E-state index in [9.17, 15) is 0 Å². The van der Waals surface area contributed by atoms with E-state index in [0.717, 1.165) is 24.6 Å². The van der Waals surface area contributed by atoms with Crippen molar-refractivity contribution >= 4 is 16.5 Å². The van der Waals surface area contributed by atoms with Gasteiger partial charge >= 0.3 is 0 Å². The highest BCUT2D eigenvalue weighted by molar-refractivity contribution is 7.15. The Labute approximate surface area is 112 Å². The number of rotatable bonds is 6. The number of likely N-dealkylation sites (N-methyl/N-ethyl adjacent to an activating group) is 2. The molecule has 0 saturated carbocycles. The third-order valence-electron chi connectivity index (χ3n) is 3.42. The fraction of sp³-hybridized carbons (Fsp3) is 0.818. The van der Waals surface area contributed by atoms with Crippen LogP contribution in [0.1, 0.15) is 24.8 Å². The number of anilines is 1. The lowest BCUT2D eigenvalue weighted by molar-refractivity contribution is 0.194. The summed E-state index contributed by atoms with van der Waals surface area (Å²) in [5.41, 5.74) is 2.53. The lowest BCUT2D eigenvalue weighted by atomic mass is 10.2. The zero-order valence-corrected chi connectivity index (χ0v) is 11.9. The van der Waals surface area contributed by atoms with Crippen molar-refractivity contribution in [3.63, 3.8) is 0 Å². The molecule has 1 saturated heterocycles. The Morgan fingerprint density at radius 1 is 1.56 bits per heavy atom. The van der Waals surface area contributed by atoms with Crippen LogP contribution in [0.15, 0.2) is 0 Å². The van der Waals surface area contributed by atoms with E-state index in [-0.39, 0.29) is 0 Å². The predicted molar refractivity (Wildman–Crippen MR) is 74.3 cm³/mol. The number of nitrogens with two attached hydrogens (primary N) is 1. The van der Waals surface area contributed by atoms with Crippen LogP contribution in [-0.4, -0.2) is 52.7 Å². The number of nitrogen functional groups attached to an aromatic ring is 1. The lowest BCUT2D eigenvalue weighted by Crippen LogP contribution is -2.38. The van der Waals surface area contributed by atoms with E-state index in [4.69, 9.17) is 5.84 Å². The molecule has 2 heterocycles. The van der Waals surface area contributed by atoms with Crippen LogP contribution in [0.3, 0.4) is 0 Å². The van der Waals surface area contributed by atoms with Gasteiger partial charge in [-0.3, -0.25) is 15.2 Å². The SMILES string of the molecule is CCN1CCCC1CN(C)Cc1nnc(NN)s1. The molecule has 0 radical (unpaired) electrons. The Morgan fingerprint density at radius 3 is 3.06 bits per heavy atom. The zero-order valence-electron chi connectivity index (χ0n) is 11.1. The highest BCUT2D eigenvalue weighted by atomic mass is 32.1. The predicted octanol–water partition coefficient (Wildman–Crippen LogP) is 0.740. The molecular weight excluding hydrogens is 248 g/mol. The third kappa shape index (κ3) is 3.38. The van der Waals surface area contributed by atoms with E-state index in [1.54, 1.807) is 0 Å². The number of aromatic nitrogens is 2. The maximum absolute atomic E-state index is 5.30. The van der Waals surface area contributed by atoms with Gasteiger partial charge in [-0.25, -0.2) is 5.84 Å². The number of hydrogen-bond donors (Lipinski definition) is 2. The average Bonchev–Trinajstić information content (AvgIpc) is 2.97. The molecule has 2 rings (SSSR count). The van der Waals surface area contributed by atoms with Gasteiger partial charge in [0.15, 0.2) is 0 Å². The Balaban J connectivity index is 1.82. The minimum absolute atomic E-state index is 0.675. The molecule has 0 aromatic carbocycles. The molecule has 0 spiro atoms. The third-order valence-corrected chi connectivity index (χ3v) is 4.26. The second-order valence-electron chi connectivity index (χ2n) is 4.77. The summed E-state index contributed by atoms with van der Waals surface area (Å²) in [6.07, 6.45) is 2.64. The molecule has 1 aliphatic rings. The topological polar surface area (TPSA) is 70.3 Å². The van der Waals surface area contributed by atoms with Crippen molar-refractivity contribution in [3.8, 4) is 0 Å². The molecule has 1 aromatic rings. The summed E-state index contributed by atoms with van der Waals surface area (Å²) in [5, 5.41) is 9.74. The first-order chi connectivity index (χ1) is 8.72. The first-order valence-electron chi connectivity index (χ1n) is 6.44. The van der Waals surface area contributed by atoms with Crippen molar-refractivity contribution in [2.24, 2.45) is 5.84 Å². The van der Waals surface area contributed by atoms with Crippen LogP contribution in [-0.2, 0) is 6.54 Å². The van der Waals surface area contributed by atoms with Crippen molar-refractivity contribution in [3.05, 3.63) is 5.01 Å². The van der Waals surface area contributed by atoms with E-state index >= 15 is 0 Å². The Hall–Kier alpha value is -0.760. The molecule has 1 aromatic heterocycles. The molecule has 102 valence electrons. The van der Waals surface area contributed by atoms with Crippen molar-refractivity contribution < 1.29 is 0 Å². The molecule has 3 N–H and O–H groups in total. The largest absolute Gasteiger partial charge is 0.299 e. The number of nitrogens with one attached hydrogen (secondary N) is 1. The molecule has 18 heavy (non-hydrogen) atoms. The van der Waals surface area contributed by atoms with Crippen LogP contribution in [0.25, 0.3) is 0 Å². The summed E-state index contributed by atoms with van der Waals surface area (Å²) in [6.45, 7) is 6.57. The van der Waals surface area contributed by atoms with Gasteiger partial charge in [0.05, 0.1) is 6.54 Å². The number of hydrazine groups is 1. The van der Waals surface area contributed by atoms with E-state index < -0.39 is 0 Å². The van der Waals surface area contributed by atoms with Crippen LogP contribution in [0.4, 0.5) is 5.13 Å². The monoisotopic (exact) mass is 270 g/mol. The van der Waals surface area contributed by atoms with Crippen molar-refractivity contribution in [2.75, 3.05) is 32.1 Å². The average molecular weight is 270 g/mol. The van der Waals surface area contributed by atoms with Gasteiger partial charge in [0.1, 0.15) is 5.01 Å². The summed E-state index contributed by atoms with van der Waals surface area (Å²) < 4.78 is 0. The van der Waals surface area contributed by atoms with Crippen LogP contribution < -0.4 is 11.3 Å². The van der Waals surface area contributed by atoms with Crippen LogP contribution in [0.2, 0.25) is 0 Å². The molecule has 1 aliphatic heterocycles. The minimum atomic E-state index is 0.675.